The Morgan fingerprint density at radius 2 is 2.11 bits per heavy atom. The highest BCUT2D eigenvalue weighted by Gasteiger charge is 2.40. The molecule has 96 valence electrons. The van der Waals surface area contributed by atoms with Crippen molar-refractivity contribution in [2.24, 2.45) is 0 Å². The van der Waals surface area contributed by atoms with E-state index in [4.69, 9.17) is 4.74 Å². The Bertz CT molecular complexity index is 525. The SMILES string of the molecule is CCN1C(=O)C(C)(C)Oc2cc([N+](=O)[O-])ccc21. The molecule has 0 N–H and O–H groups in total. The minimum atomic E-state index is -1.00. The number of anilines is 1. The van der Waals surface area contributed by atoms with E-state index in [-0.39, 0.29) is 11.6 Å². The first-order chi connectivity index (χ1) is 8.36. The van der Waals surface area contributed by atoms with Crippen LogP contribution in [0.4, 0.5) is 11.4 Å². The first-order valence-corrected chi connectivity index (χ1v) is 5.66. The molecule has 0 bridgehead atoms. The van der Waals surface area contributed by atoms with Gasteiger partial charge in [0.15, 0.2) is 11.4 Å². The van der Waals surface area contributed by atoms with Crippen LogP contribution >= 0.6 is 0 Å². The number of carbonyl (C=O) groups is 1. The Kier molecular flexibility index (Phi) is 2.73. The second-order valence-electron chi connectivity index (χ2n) is 4.57. The third kappa shape index (κ3) is 1.79. The summed E-state index contributed by atoms with van der Waals surface area (Å²) in [4.78, 5) is 23.9. The van der Waals surface area contributed by atoms with Crippen LogP contribution in [0.25, 0.3) is 0 Å². The molecular formula is C12H14N2O4. The molecule has 1 aliphatic rings. The standard InChI is InChI=1S/C12H14N2O4/c1-4-13-9-6-5-8(14(16)17)7-10(9)18-12(2,3)11(13)15/h5-7H,4H2,1-3H3. The predicted molar refractivity (Wildman–Crippen MR) is 65.8 cm³/mol. The van der Waals surface area contributed by atoms with Gasteiger partial charge in [0.1, 0.15) is 0 Å². The number of amides is 1. The van der Waals surface area contributed by atoms with Gasteiger partial charge in [-0.25, -0.2) is 0 Å². The molecular weight excluding hydrogens is 236 g/mol. The highest BCUT2D eigenvalue weighted by atomic mass is 16.6. The van der Waals surface area contributed by atoms with Crippen LogP contribution < -0.4 is 9.64 Å². The van der Waals surface area contributed by atoms with Gasteiger partial charge in [-0.15, -0.1) is 0 Å². The largest absolute Gasteiger partial charge is 0.476 e. The molecule has 1 aliphatic heterocycles. The summed E-state index contributed by atoms with van der Waals surface area (Å²) in [5, 5.41) is 10.7. The van der Waals surface area contributed by atoms with Crippen molar-refractivity contribution < 1.29 is 14.5 Å². The number of benzene rings is 1. The summed E-state index contributed by atoms with van der Waals surface area (Å²) in [7, 11) is 0. The lowest BCUT2D eigenvalue weighted by Gasteiger charge is -2.38. The molecule has 6 nitrogen and oxygen atoms in total. The normalized spacial score (nSPS) is 17.1. The average Bonchev–Trinajstić information content (AvgIpc) is 2.29. The number of likely N-dealkylation sites (N-methyl/N-ethyl adjacent to an activating group) is 1. The zero-order valence-electron chi connectivity index (χ0n) is 10.5. The number of non-ortho nitro benzene ring substituents is 1. The summed E-state index contributed by atoms with van der Waals surface area (Å²) < 4.78 is 5.56. The molecule has 0 spiro atoms. The van der Waals surface area contributed by atoms with Gasteiger partial charge in [-0.2, -0.15) is 0 Å². The highest BCUT2D eigenvalue weighted by Crippen LogP contribution is 2.39. The van der Waals surface area contributed by atoms with E-state index in [0.29, 0.717) is 18.0 Å². The number of carbonyl (C=O) groups excluding carboxylic acids is 1. The van der Waals surface area contributed by atoms with Crippen LogP contribution in [0.1, 0.15) is 20.8 Å². The van der Waals surface area contributed by atoms with E-state index in [1.54, 1.807) is 24.8 Å². The van der Waals surface area contributed by atoms with E-state index < -0.39 is 10.5 Å². The second kappa shape index (κ2) is 3.97. The minimum absolute atomic E-state index is 0.0463. The van der Waals surface area contributed by atoms with E-state index >= 15 is 0 Å². The van der Waals surface area contributed by atoms with Crippen molar-refractivity contribution in [3.63, 3.8) is 0 Å². The van der Waals surface area contributed by atoms with Crippen LogP contribution in [0.3, 0.4) is 0 Å². The van der Waals surface area contributed by atoms with Crippen molar-refractivity contribution in [3.8, 4) is 5.75 Å². The fourth-order valence-electron chi connectivity index (χ4n) is 1.99. The third-order valence-corrected chi connectivity index (χ3v) is 2.89. The lowest BCUT2D eigenvalue weighted by Crippen LogP contribution is -2.52. The zero-order valence-corrected chi connectivity index (χ0v) is 10.5. The molecule has 18 heavy (non-hydrogen) atoms. The third-order valence-electron chi connectivity index (χ3n) is 2.89. The minimum Gasteiger partial charge on any atom is -0.476 e. The molecule has 6 heteroatoms. The van der Waals surface area contributed by atoms with Crippen molar-refractivity contribution in [1.29, 1.82) is 0 Å². The Hall–Kier alpha value is -2.11. The monoisotopic (exact) mass is 250 g/mol. The van der Waals surface area contributed by atoms with Crippen molar-refractivity contribution in [1.82, 2.24) is 0 Å². The quantitative estimate of drug-likeness (QED) is 0.595. The summed E-state index contributed by atoms with van der Waals surface area (Å²) in [6.45, 7) is 5.65. The lowest BCUT2D eigenvalue weighted by molar-refractivity contribution is -0.385. The van der Waals surface area contributed by atoms with Crippen molar-refractivity contribution in [2.45, 2.75) is 26.4 Å². The van der Waals surface area contributed by atoms with Gasteiger partial charge in [-0.1, -0.05) is 0 Å². The lowest BCUT2D eigenvalue weighted by atomic mass is 10.0. The van der Waals surface area contributed by atoms with E-state index in [2.05, 4.69) is 0 Å². The van der Waals surface area contributed by atoms with Crippen LogP contribution in [-0.4, -0.2) is 23.0 Å². The summed E-state index contributed by atoms with van der Waals surface area (Å²) >= 11 is 0. The number of hydrogen-bond donors (Lipinski definition) is 0. The molecule has 0 radical (unpaired) electrons. The topological polar surface area (TPSA) is 72.7 Å². The number of nitrogens with zero attached hydrogens (tertiary/aromatic N) is 2. The van der Waals surface area contributed by atoms with Crippen molar-refractivity contribution in [2.75, 3.05) is 11.4 Å². The van der Waals surface area contributed by atoms with Gasteiger partial charge in [0.05, 0.1) is 16.7 Å². The molecule has 0 unspecified atom stereocenters. The van der Waals surface area contributed by atoms with Gasteiger partial charge >= 0.3 is 0 Å². The Balaban J connectivity index is 2.55. The first kappa shape index (κ1) is 12.3. The van der Waals surface area contributed by atoms with E-state index in [1.165, 1.54) is 12.1 Å². The fourth-order valence-corrected chi connectivity index (χ4v) is 1.99. The summed E-state index contributed by atoms with van der Waals surface area (Å²) in [5.41, 5.74) is -0.472. The van der Waals surface area contributed by atoms with Crippen LogP contribution in [-0.2, 0) is 4.79 Å². The van der Waals surface area contributed by atoms with E-state index in [9.17, 15) is 14.9 Å². The maximum Gasteiger partial charge on any atom is 0.273 e. The number of ether oxygens (including phenoxy) is 1. The maximum atomic E-state index is 12.1. The van der Waals surface area contributed by atoms with Crippen LogP contribution in [0.2, 0.25) is 0 Å². The van der Waals surface area contributed by atoms with Crippen LogP contribution in [0.5, 0.6) is 5.75 Å². The van der Waals surface area contributed by atoms with Gasteiger partial charge in [-0.05, 0) is 26.8 Å². The molecule has 0 aromatic heterocycles. The molecule has 0 aliphatic carbocycles. The van der Waals surface area contributed by atoms with Gasteiger partial charge in [0.2, 0.25) is 0 Å². The molecule has 1 amide bonds. The molecule has 1 aromatic carbocycles. The maximum absolute atomic E-state index is 12.1. The molecule has 1 heterocycles. The van der Waals surface area contributed by atoms with Crippen LogP contribution in [0, 0.1) is 10.1 Å². The molecule has 0 atom stereocenters. The first-order valence-electron chi connectivity index (χ1n) is 5.66. The fraction of sp³-hybridized carbons (Fsp3) is 0.417. The molecule has 0 saturated carbocycles. The second-order valence-corrected chi connectivity index (χ2v) is 4.57. The number of hydrogen-bond acceptors (Lipinski definition) is 4. The Labute approximate surface area is 104 Å². The number of nitro benzene ring substituents is 1. The summed E-state index contributed by atoms with van der Waals surface area (Å²) in [6, 6.07) is 4.27. The number of rotatable bonds is 2. The molecule has 1 aromatic rings. The Morgan fingerprint density at radius 1 is 1.44 bits per heavy atom. The summed E-state index contributed by atoms with van der Waals surface area (Å²) in [5.74, 6) is 0.224. The number of fused-ring (bicyclic) bond motifs is 1. The van der Waals surface area contributed by atoms with Gasteiger partial charge in [0, 0.05) is 12.6 Å². The van der Waals surface area contributed by atoms with Gasteiger partial charge in [-0.3, -0.25) is 14.9 Å². The predicted octanol–water partition coefficient (Wildman–Crippen LogP) is 2.12. The Morgan fingerprint density at radius 3 is 2.67 bits per heavy atom. The van der Waals surface area contributed by atoms with E-state index in [1.807, 2.05) is 6.92 Å². The molecule has 0 fully saturated rings. The average molecular weight is 250 g/mol. The van der Waals surface area contributed by atoms with Crippen molar-refractivity contribution >= 4 is 17.3 Å². The number of nitro groups is 1. The van der Waals surface area contributed by atoms with Gasteiger partial charge < -0.3 is 9.64 Å². The smallest absolute Gasteiger partial charge is 0.273 e. The van der Waals surface area contributed by atoms with Crippen molar-refractivity contribution in [3.05, 3.63) is 28.3 Å². The van der Waals surface area contributed by atoms with Gasteiger partial charge in [0.25, 0.3) is 11.6 Å². The zero-order chi connectivity index (χ0) is 13.5. The molecule has 2 rings (SSSR count). The van der Waals surface area contributed by atoms with E-state index in [0.717, 1.165) is 0 Å². The molecule has 0 saturated heterocycles. The van der Waals surface area contributed by atoms with Crippen LogP contribution in [0.15, 0.2) is 18.2 Å². The summed E-state index contributed by atoms with van der Waals surface area (Å²) in [6.07, 6.45) is 0. The highest BCUT2D eigenvalue weighted by molar-refractivity contribution is 6.02.